The molecular formula is C21H40O6. The van der Waals surface area contributed by atoms with Gasteiger partial charge in [-0.2, -0.15) is 0 Å². The second-order valence-electron chi connectivity index (χ2n) is 7.44. The molecule has 2 atom stereocenters. The van der Waals surface area contributed by atoms with Crippen molar-refractivity contribution in [2.45, 2.75) is 103 Å². The highest BCUT2D eigenvalue weighted by atomic mass is 16.5. The molecule has 0 aromatic carbocycles. The van der Waals surface area contributed by atoms with Gasteiger partial charge in [-0.05, 0) is 6.42 Å². The maximum absolute atomic E-state index is 12.0. The molecule has 0 bridgehead atoms. The fourth-order valence-corrected chi connectivity index (χ4v) is 3.09. The number of hydrogen-bond acceptors (Lipinski definition) is 5. The number of carbonyl (C=O) groups is 2. The van der Waals surface area contributed by atoms with Crippen molar-refractivity contribution in [2.24, 2.45) is 5.92 Å². The lowest BCUT2D eigenvalue weighted by molar-refractivity contribution is -0.156. The quantitative estimate of drug-likeness (QED) is 0.228. The Morgan fingerprint density at radius 1 is 0.852 bits per heavy atom. The first-order valence-corrected chi connectivity index (χ1v) is 10.7. The van der Waals surface area contributed by atoms with Crippen LogP contribution in [0.2, 0.25) is 0 Å². The van der Waals surface area contributed by atoms with Gasteiger partial charge < -0.3 is 20.1 Å². The van der Waals surface area contributed by atoms with E-state index in [2.05, 4.69) is 6.92 Å². The summed E-state index contributed by atoms with van der Waals surface area (Å²) in [6.07, 6.45) is 13.7. The van der Waals surface area contributed by atoms with E-state index >= 15 is 0 Å². The Hall–Kier alpha value is -1.14. The number of unbranched alkanes of at least 4 members (excludes halogenated alkanes) is 11. The molecule has 6 nitrogen and oxygen atoms in total. The van der Waals surface area contributed by atoms with Crippen LogP contribution in [0.1, 0.15) is 96.8 Å². The summed E-state index contributed by atoms with van der Waals surface area (Å²) in [7, 11) is 0. The molecule has 0 aliphatic rings. The predicted molar refractivity (Wildman–Crippen MR) is 105 cm³/mol. The SMILES string of the molecule is CCCCCCCCCCCCCCC(CC(=O)O)C(=O)OCC(O)CO. The normalized spacial score (nSPS) is 13.3. The summed E-state index contributed by atoms with van der Waals surface area (Å²) in [6.45, 7) is 1.44. The van der Waals surface area contributed by atoms with Gasteiger partial charge in [-0.25, -0.2) is 0 Å². The fraction of sp³-hybridized carbons (Fsp3) is 0.905. The number of rotatable bonds is 19. The molecule has 160 valence electrons. The molecule has 6 heteroatoms. The topological polar surface area (TPSA) is 104 Å². The second kappa shape index (κ2) is 18.2. The zero-order chi connectivity index (χ0) is 20.3. The third-order valence-electron chi connectivity index (χ3n) is 4.79. The van der Waals surface area contributed by atoms with Gasteiger partial charge in [0.25, 0.3) is 0 Å². The molecule has 0 spiro atoms. The number of carbonyl (C=O) groups excluding carboxylic acids is 1. The van der Waals surface area contributed by atoms with E-state index in [4.69, 9.17) is 14.9 Å². The minimum absolute atomic E-state index is 0.258. The summed E-state index contributed by atoms with van der Waals surface area (Å²) in [4.78, 5) is 22.9. The molecule has 0 aliphatic carbocycles. The van der Waals surface area contributed by atoms with E-state index in [-0.39, 0.29) is 13.0 Å². The summed E-state index contributed by atoms with van der Waals surface area (Å²) in [6, 6.07) is 0. The average molecular weight is 389 g/mol. The maximum Gasteiger partial charge on any atom is 0.309 e. The van der Waals surface area contributed by atoms with Crippen molar-refractivity contribution in [3.8, 4) is 0 Å². The number of carboxylic acid groups (broad SMARTS) is 1. The van der Waals surface area contributed by atoms with Crippen LogP contribution >= 0.6 is 0 Å². The maximum atomic E-state index is 12.0. The van der Waals surface area contributed by atoms with Crippen molar-refractivity contribution in [1.82, 2.24) is 0 Å². The molecule has 0 aromatic rings. The summed E-state index contributed by atoms with van der Waals surface area (Å²) in [5, 5.41) is 26.9. The first-order chi connectivity index (χ1) is 13.0. The highest BCUT2D eigenvalue weighted by Gasteiger charge is 2.23. The molecule has 0 aliphatic heterocycles. The van der Waals surface area contributed by atoms with Crippen LogP contribution in [-0.4, -0.2) is 46.6 Å². The van der Waals surface area contributed by atoms with E-state index in [9.17, 15) is 14.7 Å². The van der Waals surface area contributed by atoms with Crippen molar-refractivity contribution in [1.29, 1.82) is 0 Å². The lowest BCUT2D eigenvalue weighted by atomic mass is 9.97. The Morgan fingerprint density at radius 2 is 1.33 bits per heavy atom. The second-order valence-corrected chi connectivity index (χ2v) is 7.44. The van der Waals surface area contributed by atoms with E-state index < -0.39 is 30.6 Å². The van der Waals surface area contributed by atoms with Crippen LogP contribution in [0.15, 0.2) is 0 Å². The minimum Gasteiger partial charge on any atom is -0.481 e. The van der Waals surface area contributed by atoms with Crippen molar-refractivity contribution in [3.63, 3.8) is 0 Å². The molecular weight excluding hydrogens is 348 g/mol. The highest BCUT2D eigenvalue weighted by Crippen LogP contribution is 2.18. The molecule has 27 heavy (non-hydrogen) atoms. The summed E-state index contributed by atoms with van der Waals surface area (Å²) in [5.41, 5.74) is 0. The van der Waals surface area contributed by atoms with Gasteiger partial charge in [0.15, 0.2) is 0 Å². The molecule has 3 N–H and O–H groups in total. The van der Waals surface area contributed by atoms with Gasteiger partial charge in [-0.15, -0.1) is 0 Å². The first-order valence-electron chi connectivity index (χ1n) is 10.7. The summed E-state index contributed by atoms with van der Waals surface area (Å²) >= 11 is 0. The van der Waals surface area contributed by atoms with E-state index in [0.29, 0.717) is 6.42 Å². The van der Waals surface area contributed by atoms with Gasteiger partial charge >= 0.3 is 11.9 Å². The van der Waals surface area contributed by atoms with Crippen LogP contribution in [0.5, 0.6) is 0 Å². The van der Waals surface area contributed by atoms with E-state index in [1.807, 2.05) is 0 Å². The number of esters is 1. The molecule has 0 amide bonds. The van der Waals surface area contributed by atoms with Crippen molar-refractivity contribution in [3.05, 3.63) is 0 Å². The molecule has 0 saturated heterocycles. The Balaban J connectivity index is 3.75. The monoisotopic (exact) mass is 388 g/mol. The lowest BCUT2D eigenvalue weighted by Crippen LogP contribution is -2.27. The Kier molecular flexibility index (Phi) is 17.5. The molecule has 0 heterocycles. The molecule has 0 radical (unpaired) electrons. The molecule has 0 saturated carbocycles. The summed E-state index contributed by atoms with van der Waals surface area (Å²) < 4.78 is 4.90. The van der Waals surface area contributed by atoms with Gasteiger partial charge in [0.2, 0.25) is 0 Å². The number of carboxylic acids is 1. The van der Waals surface area contributed by atoms with Crippen LogP contribution in [0.4, 0.5) is 0 Å². The van der Waals surface area contributed by atoms with Gasteiger partial charge in [-0.1, -0.05) is 84.0 Å². The number of hydrogen-bond donors (Lipinski definition) is 3. The highest BCUT2D eigenvalue weighted by molar-refractivity contribution is 5.79. The Labute approximate surface area is 164 Å². The van der Waals surface area contributed by atoms with E-state index in [1.165, 1.54) is 57.8 Å². The van der Waals surface area contributed by atoms with Crippen LogP contribution in [0, 0.1) is 5.92 Å². The smallest absolute Gasteiger partial charge is 0.309 e. The zero-order valence-electron chi connectivity index (χ0n) is 17.0. The first kappa shape index (κ1) is 25.9. The third-order valence-corrected chi connectivity index (χ3v) is 4.79. The predicted octanol–water partition coefficient (Wildman–Crippen LogP) is 4.06. The van der Waals surface area contributed by atoms with Gasteiger partial charge in [0.1, 0.15) is 12.7 Å². The molecule has 0 aromatic heterocycles. The van der Waals surface area contributed by atoms with Crippen molar-refractivity contribution in [2.75, 3.05) is 13.2 Å². The van der Waals surface area contributed by atoms with Gasteiger partial charge in [0, 0.05) is 0 Å². The zero-order valence-corrected chi connectivity index (χ0v) is 17.0. The largest absolute Gasteiger partial charge is 0.481 e. The number of ether oxygens (including phenoxy) is 1. The van der Waals surface area contributed by atoms with Crippen molar-refractivity contribution < 1.29 is 29.6 Å². The van der Waals surface area contributed by atoms with Crippen LogP contribution in [0.25, 0.3) is 0 Å². The van der Waals surface area contributed by atoms with Crippen LogP contribution in [-0.2, 0) is 14.3 Å². The fourth-order valence-electron chi connectivity index (χ4n) is 3.09. The number of aliphatic hydroxyl groups excluding tert-OH is 2. The van der Waals surface area contributed by atoms with Crippen molar-refractivity contribution >= 4 is 11.9 Å². The van der Waals surface area contributed by atoms with Gasteiger partial charge in [-0.3, -0.25) is 9.59 Å². The summed E-state index contributed by atoms with van der Waals surface area (Å²) in [5.74, 6) is -2.32. The third kappa shape index (κ3) is 16.7. The standard InChI is InChI=1S/C21H40O6/c1-2-3-4-5-6-7-8-9-10-11-12-13-14-18(15-20(24)25)21(26)27-17-19(23)16-22/h18-19,22-23H,2-17H2,1H3,(H,24,25). The Morgan fingerprint density at radius 3 is 1.78 bits per heavy atom. The van der Waals surface area contributed by atoms with E-state index in [1.54, 1.807) is 0 Å². The number of aliphatic carboxylic acids is 1. The molecule has 0 rings (SSSR count). The number of aliphatic hydroxyl groups is 2. The van der Waals surface area contributed by atoms with Crippen LogP contribution < -0.4 is 0 Å². The van der Waals surface area contributed by atoms with E-state index in [0.717, 1.165) is 19.3 Å². The van der Waals surface area contributed by atoms with Crippen LogP contribution in [0.3, 0.4) is 0 Å². The van der Waals surface area contributed by atoms with Gasteiger partial charge in [0.05, 0.1) is 18.9 Å². The molecule has 0 fully saturated rings. The lowest BCUT2D eigenvalue weighted by Gasteiger charge is -2.15. The Bertz CT molecular complexity index is 372. The molecule has 2 unspecified atom stereocenters. The average Bonchev–Trinajstić information content (AvgIpc) is 2.65. The minimum atomic E-state index is -1.12.